The summed E-state index contributed by atoms with van der Waals surface area (Å²) in [6.45, 7) is 2.12. The molecule has 2 heterocycles. The molecule has 1 aromatic carbocycles. The van der Waals surface area contributed by atoms with Gasteiger partial charge in [0.05, 0.1) is 17.2 Å². The average molecular weight is 328 g/mol. The van der Waals surface area contributed by atoms with Crippen LogP contribution in [0.4, 0.5) is 5.69 Å². The van der Waals surface area contributed by atoms with Gasteiger partial charge in [-0.05, 0) is 46.6 Å². The Kier molecular flexibility index (Phi) is 3.65. The molecular formula is C16H14BrN3. The number of hydrogen-bond donors (Lipinski definition) is 1. The summed E-state index contributed by atoms with van der Waals surface area (Å²) in [6, 6.07) is 12.4. The third-order valence-electron chi connectivity index (χ3n) is 3.23. The number of aromatic nitrogens is 2. The second-order valence-corrected chi connectivity index (χ2v) is 5.60. The van der Waals surface area contributed by atoms with Gasteiger partial charge in [-0.25, -0.2) is 0 Å². The lowest BCUT2D eigenvalue weighted by atomic mass is 10.1. The monoisotopic (exact) mass is 327 g/mol. The van der Waals surface area contributed by atoms with Crippen LogP contribution < -0.4 is 5.32 Å². The molecule has 1 N–H and O–H groups in total. The van der Waals surface area contributed by atoms with Gasteiger partial charge in [-0.1, -0.05) is 18.2 Å². The minimum absolute atomic E-state index is 0.180. The first kappa shape index (κ1) is 13.1. The molecular weight excluding hydrogens is 314 g/mol. The highest BCUT2D eigenvalue weighted by atomic mass is 79.9. The molecule has 0 saturated heterocycles. The Hall–Kier alpha value is -1.94. The maximum atomic E-state index is 4.50. The predicted octanol–water partition coefficient (Wildman–Crippen LogP) is 4.57. The molecule has 4 heteroatoms. The van der Waals surface area contributed by atoms with Gasteiger partial charge in [-0.2, -0.15) is 0 Å². The number of nitrogens with zero attached hydrogens (tertiary/aromatic N) is 2. The van der Waals surface area contributed by atoms with E-state index in [1.165, 1.54) is 0 Å². The Bertz CT molecular complexity index is 728. The van der Waals surface area contributed by atoms with Crippen LogP contribution in [0.2, 0.25) is 0 Å². The summed E-state index contributed by atoms with van der Waals surface area (Å²) in [5, 5.41) is 4.62. The van der Waals surface area contributed by atoms with E-state index in [1.807, 2.05) is 24.5 Å². The van der Waals surface area contributed by atoms with E-state index >= 15 is 0 Å². The summed E-state index contributed by atoms with van der Waals surface area (Å²) < 4.78 is 0.988. The van der Waals surface area contributed by atoms with Crippen LogP contribution in [0.25, 0.3) is 10.9 Å². The van der Waals surface area contributed by atoms with Crippen LogP contribution in [0.3, 0.4) is 0 Å². The van der Waals surface area contributed by atoms with Gasteiger partial charge in [0, 0.05) is 28.4 Å². The van der Waals surface area contributed by atoms with Gasteiger partial charge in [0.25, 0.3) is 0 Å². The third-order valence-corrected chi connectivity index (χ3v) is 3.67. The van der Waals surface area contributed by atoms with Gasteiger partial charge in [0.15, 0.2) is 0 Å². The molecule has 0 radical (unpaired) electrons. The summed E-state index contributed by atoms with van der Waals surface area (Å²) >= 11 is 3.45. The number of hydrogen-bond acceptors (Lipinski definition) is 3. The second-order valence-electron chi connectivity index (χ2n) is 4.68. The highest BCUT2D eigenvalue weighted by molar-refractivity contribution is 9.10. The molecule has 0 aliphatic heterocycles. The molecule has 20 heavy (non-hydrogen) atoms. The van der Waals surface area contributed by atoms with E-state index in [2.05, 4.69) is 62.4 Å². The van der Waals surface area contributed by atoms with Crippen LogP contribution in [0, 0.1) is 0 Å². The van der Waals surface area contributed by atoms with E-state index < -0.39 is 0 Å². The SMILES string of the molecule is CC(Nc1cccc2cc(Br)cnc12)c1cccnc1. The van der Waals surface area contributed by atoms with Gasteiger partial charge in [-0.3, -0.25) is 9.97 Å². The molecule has 3 nitrogen and oxygen atoms in total. The first-order chi connectivity index (χ1) is 9.74. The van der Waals surface area contributed by atoms with Crippen LogP contribution in [0.15, 0.2) is 59.5 Å². The van der Waals surface area contributed by atoms with E-state index in [1.54, 1.807) is 6.20 Å². The van der Waals surface area contributed by atoms with Gasteiger partial charge in [-0.15, -0.1) is 0 Å². The number of fused-ring (bicyclic) bond motifs is 1. The van der Waals surface area contributed by atoms with Crippen molar-refractivity contribution in [2.75, 3.05) is 5.32 Å². The van der Waals surface area contributed by atoms with E-state index in [0.717, 1.165) is 26.6 Å². The molecule has 0 amide bonds. The number of pyridine rings is 2. The normalized spacial score (nSPS) is 12.3. The molecule has 0 fully saturated rings. The van der Waals surface area contributed by atoms with E-state index in [0.29, 0.717) is 0 Å². The zero-order valence-electron chi connectivity index (χ0n) is 11.0. The Morgan fingerprint density at radius 2 is 2.05 bits per heavy atom. The molecule has 3 rings (SSSR count). The maximum Gasteiger partial charge on any atom is 0.0934 e. The van der Waals surface area contributed by atoms with Gasteiger partial charge in [0.1, 0.15) is 0 Å². The summed E-state index contributed by atoms with van der Waals surface area (Å²) in [5.74, 6) is 0. The fraction of sp³-hybridized carbons (Fsp3) is 0.125. The van der Waals surface area contributed by atoms with Crippen LogP contribution >= 0.6 is 15.9 Å². The Balaban J connectivity index is 1.95. The zero-order valence-corrected chi connectivity index (χ0v) is 12.6. The van der Waals surface area contributed by atoms with Crippen molar-refractivity contribution in [3.63, 3.8) is 0 Å². The molecule has 1 unspecified atom stereocenters. The Labute approximate surface area is 126 Å². The minimum atomic E-state index is 0.180. The van der Waals surface area contributed by atoms with Crippen molar-refractivity contribution in [1.29, 1.82) is 0 Å². The fourth-order valence-corrected chi connectivity index (χ4v) is 2.55. The first-order valence-electron chi connectivity index (χ1n) is 6.45. The van der Waals surface area contributed by atoms with Crippen LogP contribution in [-0.4, -0.2) is 9.97 Å². The quantitative estimate of drug-likeness (QED) is 0.765. The number of benzene rings is 1. The molecule has 1 atom stereocenters. The van der Waals surface area contributed by atoms with Crippen LogP contribution in [-0.2, 0) is 0 Å². The lowest BCUT2D eigenvalue weighted by Crippen LogP contribution is -2.07. The molecule has 0 bridgehead atoms. The molecule has 0 aliphatic rings. The number of rotatable bonds is 3. The van der Waals surface area contributed by atoms with Crippen molar-refractivity contribution in [2.45, 2.75) is 13.0 Å². The van der Waals surface area contributed by atoms with Crippen molar-refractivity contribution in [3.8, 4) is 0 Å². The standard InChI is InChI=1S/C16H14BrN3/c1-11(13-5-3-7-18-9-13)20-15-6-2-4-12-8-14(17)10-19-16(12)15/h2-11,20H,1H3. The average Bonchev–Trinajstić information content (AvgIpc) is 2.48. The summed E-state index contributed by atoms with van der Waals surface area (Å²) in [7, 11) is 0. The second kappa shape index (κ2) is 5.59. The number of nitrogens with one attached hydrogen (secondary N) is 1. The van der Waals surface area contributed by atoms with E-state index in [-0.39, 0.29) is 6.04 Å². The van der Waals surface area contributed by atoms with E-state index in [4.69, 9.17) is 0 Å². The highest BCUT2D eigenvalue weighted by Crippen LogP contribution is 2.27. The predicted molar refractivity (Wildman–Crippen MR) is 85.7 cm³/mol. The number of para-hydroxylation sites is 1. The smallest absolute Gasteiger partial charge is 0.0934 e. The Morgan fingerprint density at radius 3 is 2.85 bits per heavy atom. The molecule has 2 aromatic heterocycles. The number of anilines is 1. The largest absolute Gasteiger partial charge is 0.377 e. The van der Waals surface area contributed by atoms with Crippen LogP contribution in [0.1, 0.15) is 18.5 Å². The minimum Gasteiger partial charge on any atom is -0.377 e. The molecule has 100 valence electrons. The maximum absolute atomic E-state index is 4.50. The van der Waals surface area contributed by atoms with Gasteiger partial charge < -0.3 is 5.32 Å². The van der Waals surface area contributed by atoms with Crippen molar-refractivity contribution >= 4 is 32.5 Å². The summed E-state index contributed by atoms with van der Waals surface area (Å²) in [5.41, 5.74) is 3.17. The molecule has 0 saturated carbocycles. The van der Waals surface area contributed by atoms with Crippen molar-refractivity contribution < 1.29 is 0 Å². The number of halogens is 1. The lowest BCUT2D eigenvalue weighted by Gasteiger charge is -2.16. The zero-order chi connectivity index (χ0) is 13.9. The molecule has 3 aromatic rings. The third kappa shape index (κ3) is 2.65. The van der Waals surface area contributed by atoms with Crippen molar-refractivity contribution in [1.82, 2.24) is 9.97 Å². The summed E-state index contributed by atoms with van der Waals surface area (Å²) in [4.78, 5) is 8.66. The van der Waals surface area contributed by atoms with Crippen LogP contribution in [0.5, 0.6) is 0 Å². The van der Waals surface area contributed by atoms with Gasteiger partial charge >= 0.3 is 0 Å². The first-order valence-corrected chi connectivity index (χ1v) is 7.24. The molecule has 0 spiro atoms. The topological polar surface area (TPSA) is 37.8 Å². The highest BCUT2D eigenvalue weighted by Gasteiger charge is 2.08. The summed E-state index contributed by atoms with van der Waals surface area (Å²) in [6.07, 6.45) is 5.49. The molecule has 0 aliphatic carbocycles. The fourth-order valence-electron chi connectivity index (χ4n) is 2.20. The lowest BCUT2D eigenvalue weighted by molar-refractivity contribution is 0.877. The van der Waals surface area contributed by atoms with E-state index in [9.17, 15) is 0 Å². The van der Waals surface area contributed by atoms with Gasteiger partial charge in [0.2, 0.25) is 0 Å². The van der Waals surface area contributed by atoms with Crippen molar-refractivity contribution in [2.24, 2.45) is 0 Å². The Morgan fingerprint density at radius 1 is 1.15 bits per heavy atom. The van der Waals surface area contributed by atoms with Crippen molar-refractivity contribution in [3.05, 3.63) is 65.0 Å².